The van der Waals surface area contributed by atoms with Crippen LogP contribution >= 0.6 is 0 Å². The Morgan fingerprint density at radius 2 is 1.86 bits per heavy atom. The van der Waals surface area contributed by atoms with Crippen LogP contribution in [0.3, 0.4) is 0 Å². The first kappa shape index (κ1) is 17.5. The predicted octanol–water partition coefficient (Wildman–Crippen LogP) is 2.17. The fraction of sp³-hybridized carbons (Fsp3) is 0.438. The number of benzene rings is 1. The van der Waals surface area contributed by atoms with Crippen LogP contribution < -0.4 is 5.32 Å². The zero-order chi connectivity index (χ0) is 16.8. The molecule has 0 radical (unpaired) electrons. The SMILES string of the molecule is COC(=O)[C@H](Cc1ccc(C#[15N])cc1)NC(=O)OC(C)(C)C. The molecule has 1 N–H and O–H groups in total. The van der Waals surface area contributed by atoms with Crippen molar-refractivity contribution < 1.29 is 19.1 Å². The summed E-state index contributed by atoms with van der Waals surface area (Å²) in [6, 6.07) is 7.92. The number of ether oxygens (including phenoxy) is 2. The Morgan fingerprint density at radius 1 is 1.27 bits per heavy atom. The largest absolute Gasteiger partial charge is 0.467 e. The van der Waals surface area contributed by atoms with Crippen molar-refractivity contribution in [2.75, 3.05) is 7.11 Å². The molecule has 1 aromatic rings. The smallest absolute Gasteiger partial charge is 0.408 e. The third-order valence-corrected chi connectivity index (χ3v) is 2.70. The molecule has 6 nitrogen and oxygen atoms in total. The molecule has 0 saturated heterocycles. The summed E-state index contributed by atoms with van der Waals surface area (Å²) in [4.78, 5) is 23.6. The normalized spacial score (nSPS) is 12.0. The van der Waals surface area contributed by atoms with Gasteiger partial charge in [-0.1, -0.05) is 12.1 Å². The Balaban J connectivity index is 2.78. The van der Waals surface area contributed by atoms with Crippen molar-refractivity contribution >= 4 is 12.1 Å². The standard InChI is InChI=1S/C16H20N2O4/c1-16(2,3)22-15(20)18-13(14(19)21-4)9-11-5-7-12(10-17)8-6-11/h5-8,13H,9H2,1-4H3,(H,18,20)/t13-/m0/s1/i17+1. The van der Waals surface area contributed by atoms with E-state index in [2.05, 4.69) is 5.32 Å². The molecule has 0 heterocycles. The number of carbonyl (C=O) groups is 2. The van der Waals surface area contributed by atoms with E-state index in [1.165, 1.54) is 7.11 Å². The van der Waals surface area contributed by atoms with Crippen LogP contribution in [0.4, 0.5) is 4.79 Å². The molecule has 0 aliphatic carbocycles. The van der Waals surface area contributed by atoms with Crippen LogP contribution in [0.5, 0.6) is 0 Å². The van der Waals surface area contributed by atoms with Gasteiger partial charge < -0.3 is 14.8 Å². The first-order valence-corrected chi connectivity index (χ1v) is 6.81. The van der Waals surface area contributed by atoms with Gasteiger partial charge in [0.25, 0.3) is 0 Å². The second-order valence-electron chi connectivity index (χ2n) is 5.73. The number of hydrogen-bond acceptors (Lipinski definition) is 5. The maximum Gasteiger partial charge on any atom is 0.408 e. The lowest BCUT2D eigenvalue weighted by molar-refractivity contribution is -0.143. The number of esters is 1. The van der Waals surface area contributed by atoms with E-state index >= 15 is 0 Å². The quantitative estimate of drug-likeness (QED) is 0.680. The van der Waals surface area contributed by atoms with Gasteiger partial charge in [-0.05, 0) is 38.5 Å². The van der Waals surface area contributed by atoms with Gasteiger partial charge in [0.2, 0.25) is 0 Å². The van der Waals surface area contributed by atoms with Crippen LogP contribution in [0, 0.1) is 11.3 Å². The highest BCUT2D eigenvalue weighted by molar-refractivity contribution is 5.81. The van der Waals surface area contributed by atoms with Crippen molar-refractivity contribution in [2.45, 2.75) is 38.8 Å². The summed E-state index contributed by atoms with van der Waals surface area (Å²) in [6.45, 7) is 5.21. The zero-order valence-electron chi connectivity index (χ0n) is 13.2. The molecular weight excluding hydrogens is 285 g/mol. The second-order valence-corrected chi connectivity index (χ2v) is 5.73. The van der Waals surface area contributed by atoms with Crippen LogP contribution in [0.1, 0.15) is 31.9 Å². The van der Waals surface area contributed by atoms with Crippen LogP contribution in [-0.2, 0) is 20.7 Å². The average molecular weight is 305 g/mol. The first-order valence-electron chi connectivity index (χ1n) is 6.81. The number of hydrogen-bond donors (Lipinski definition) is 1. The minimum atomic E-state index is -0.854. The van der Waals surface area contributed by atoms with Crippen molar-refractivity contribution in [3.63, 3.8) is 0 Å². The van der Waals surface area contributed by atoms with E-state index in [1.807, 2.05) is 6.07 Å². The van der Waals surface area contributed by atoms with Crippen LogP contribution in [0.25, 0.3) is 0 Å². The topological polar surface area (TPSA) is 88.4 Å². The van der Waals surface area contributed by atoms with Crippen molar-refractivity contribution in [3.8, 4) is 6.07 Å². The Kier molecular flexibility index (Phi) is 5.93. The summed E-state index contributed by atoms with van der Waals surface area (Å²) in [5.74, 6) is -0.560. The third kappa shape index (κ3) is 5.83. The molecular formula is C16H20N2O4. The van der Waals surface area contributed by atoms with Gasteiger partial charge in [0.1, 0.15) is 11.6 Å². The molecule has 0 aliphatic rings. The Labute approximate surface area is 130 Å². The summed E-state index contributed by atoms with van der Waals surface area (Å²) in [5, 5.41) is 11.3. The maximum absolute atomic E-state index is 11.8. The number of nitriles is 1. The molecule has 1 amide bonds. The number of carbonyl (C=O) groups excluding carboxylic acids is 2. The summed E-state index contributed by atoms with van der Waals surface area (Å²) in [7, 11) is 1.25. The number of nitrogens with zero attached hydrogens (tertiary/aromatic N) is 1. The predicted molar refractivity (Wildman–Crippen MR) is 80.0 cm³/mol. The van der Waals surface area contributed by atoms with Gasteiger partial charge in [-0.25, -0.2) is 9.59 Å². The van der Waals surface area contributed by atoms with E-state index in [9.17, 15) is 9.59 Å². The molecule has 1 atom stereocenters. The first-order chi connectivity index (χ1) is 10.2. The van der Waals surface area contributed by atoms with E-state index in [1.54, 1.807) is 45.0 Å². The molecule has 118 valence electrons. The summed E-state index contributed by atoms with van der Waals surface area (Å²) in [6.07, 6.45) is -0.436. The highest BCUT2D eigenvalue weighted by Crippen LogP contribution is 2.10. The van der Waals surface area contributed by atoms with Gasteiger partial charge in [-0.2, -0.15) is 5.26 Å². The number of rotatable bonds is 4. The minimum absolute atomic E-state index is 0.248. The maximum atomic E-state index is 11.8. The molecule has 0 spiro atoms. The molecule has 22 heavy (non-hydrogen) atoms. The van der Waals surface area contributed by atoms with Gasteiger partial charge in [0.05, 0.1) is 18.7 Å². The van der Waals surface area contributed by atoms with Crippen molar-refractivity contribution in [2.24, 2.45) is 0 Å². The Bertz CT molecular complexity index is 567. The van der Waals surface area contributed by atoms with Gasteiger partial charge in [-0.15, -0.1) is 0 Å². The molecule has 1 rings (SSSR count). The van der Waals surface area contributed by atoms with Gasteiger partial charge in [0, 0.05) is 6.42 Å². The van der Waals surface area contributed by atoms with Crippen LogP contribution in [0.2, 0.25) is 0 Å². The average Bonchev–Trinajstić information content (AvgIpc) is 2.44. The van der Waals surface area contributed by atoms with Crippen molar-refractivity contribution in [1.29, 1.82) is 5.26 Å². The third-order valence-electron chi connectivity index (χ3n) is 2.70. The van der Waals surface area contributed by atoms with E-state index < -0.39 is 23.7 Å². The molecule has 0 aliphatic heterocycles. The van der Waals surface area contributed by atoms with Crippen LogP contribution in [-0.4, -0.2) is 30.8 Å². The van der Waals surface area contributed by atoms with E-state index in [-0.39, 0.29) is 6.42 Å². The lowest BCUT2D eigenvalue weighted by Crippen LogP contribution is -2.45. The molecule has 0 unspecified atom stereocenters. The Hall–Kier alpha value is -2.55. The van der Waals surface area contributed by atoms with E-state index in [0.29, 0.717) is 5.56 Å². The van der Waals surface area contributed by atoms with E-state index in [4.69, 9.17) is 14.7 Å². The van der Waals surface area contributed by atoms with Crippen molar-refractivity contribution in [3.05, 3.63) is 35.4 Å². The van der Waals surface area contributed by atoms with E-state index in [0.717, 1.165) is 5.56 Å². The highest BCUT2D eigenvalue weighted by atomic mass is 16.6. The summed E-state index contributed by atoms with van der Waals surface area (Å²) >= 11 is 0. The fourth-order valence-corrected chi connectivity index (χ4v) is 1.74. The monoisotopic (exact) mass is 305 g/mol. The highest BCUT2D eigenvalue weighted by Gasteiger charge is 2.25. The van der Waals surface area contributed by atoms with Crippen molar-refractivity contribution in [1.82, 2.24) is 5.32 Å². The molecule has 0 bridgehead atoms. The number of alkyl carbamates (subject to hydrolysis) is 1. The molecule has 0 aromatic heterocycles. The minimum Gasteiger partial charge on any atom is -0.467 e. The summed E-state index contributed by atoms with van der Waals surface area (Å²) < 4.78 is 9.84. The number of methoxy groups -OCH3 is 1. The summed E-state index contributed by atoms with van der Waals surface area (Å²) in [5.41, 5.74) is 0.670. The number of amides is 1. The lowest BCUT2D eigenvalue weighted by Gasteiger charge is -2.22. The Morgan fingerprint density at radius 3 is 2.32 bits per heavy atom. The zero-order valence-corrected chi connectivity index (χ0v) is 13.2. The number of nitrogens with one attached hydrogen (secondary N) is 1. The molecule has 6 heteroatoms. The lowest BCUT2D eigenvalue weighted by atomic mass is 10.0. The van der Waals surface area contributed by atoms with Gasteiger partial charge >= 0.3 is 12.1 Å². The molecule has 1 aromatic carbocycles. The molecule has 0 fully saturated rings. The van der Waals surface area contributed by atoms with Crippen LogP contribution in [0.15, 0.2) is 24.3 Å². The van der Waals surface area contributed by atoms with Gasteiger partial charge in [0.15, 0.2) is 0 Å². The molecule has 0 saturated carbocycles. The fourth-order valence-electron chi connectivity index (χ4n) is 1.74. The second kappa shape index (κ2) is 7.46. The van der Waals surface area contributed by atoms with Gasteiger partial charge in [-0.3, -0.25) is 0 Å².